The van der Waals surface area contributed by atoms with Crippen molar-refractivity contribution in [2.24, 2.45) is 0 Å². The molecule has 0 saturated carbocycles. The Kier molecular flexibility index (Phi) is 9.22. The molecule has 1 aromatic heterocycles. The summed E-state index contributed by atoms with van der Waals surface area (Å²) >= 11 is 0. The largest absolute Gasteiger partial charge is 3.00 e. The first-order chi connectivity index (χ1) is 8.43. The summed E-state index contributed by atoms with van der Waals surface area (Å²) < 4.78 is 0. The van der Waals surface area contributed by atoms with Crippen molar-refractivity contribution in [1.82, 2.24) is 0 Å². The molecule has 2 aromatic carbocycles. The molecule has 0 spiro atoms. The third-order valence-corrected chi connectivity index (χ3v) is 4.15. The first-order valence-corrected chi connectivity index (χ1v) is 6.65. The third kappa shape index (κ3) is 4.52. The number of hydrogen-bond acceptors (Lipinski definition) is 0. The Balaban J connectivity index is 0.00000120. The maximum Gasteiger partial charge on any atom is 3.00 e. The second-order valence-corrected chi connectivity index (χ2v) is 5.22. The van der Waals surface area contributed by atoms with Crippen LogP contribution >= 0.6 is 8.19 Å². The van der Waals surface area contributed by atoms with Gasteiger partial charge in [0.05, 0.1) is 0 Å². The molecule has 0 nitrogen and oxygen atoms in total. The van der Waals surface area contributed by atoms with Gasteiger partial charge in [-0.2, -0.15) is 12.1 Å². The van der Waals surface area contributed by atoms with E-state index in [1.54, 1.807) is 0 Å². The fourth-order valence-corrected chi connectivity index (χ4v) is 3.06. The van der Waals surface area contributed by atoms with Crippen LogP contribution in [0, 0.1) is 6.07 Å². The quantitative estimate of drug-likeness (QED) is 0.403. The maximum absolute atomic E-state index is 3.39. The van der Waals surface area contributed by atoms with E-state index >= 15 is 0 Å². The van der Waals surface area contributed by atoms with Gasteiger partial charge < -0.3 is 24.8 Å². The molecule has 99 valence electrons. The minimum Gasteiger partial charge on any atom is -1.00 e. The normalized spacial score (nSPS) is 9.20. The molecule has 0 bridgehead atoms. The molecule has 0 aliphatic rings. The zero-order valence-corrected chi connectivity index (χ0v) is 14.7. The SMILES string of the molecule is [Cl-].[Cl-].[Ti+3].[c-]1cc(-c2ccccc2)[pH]c1-c1ccccc1. The van der Waals surface area contributed by atoms with Crippen LogP contribution in [0.2, 0.25) is 0 Å². The molecular formula is C16H12Cl2PTi. The van der Waals surface area contributed by atoms with Crippen molar-refractivity contribution in [2.75, 3.05) is 0 Å². The van der Waals surface area contributed by atoms with Crippen molar-refractivity contribution in [2.45, 2.75) is 0 Å². The number of halogens is 2. The zero-order chi connectivity index (χ0) is 11.5. The summed E-state index contributed by atoms with van der Waals surface area (Å²) in [5, 5.41) is 2.69. The van der Waals surface area contributed by atoms with E-state index in [0.717, 1.165) is 0 Å². The molecule has 3 rings (SSSR count). The van der Waals surface area contributed by atoms with Crippen LogP contribution in [-0.4, -0.2) is 0 Å². The fraction of sp³-hybridized carbons (Fsp3) is 0. The van der Waals surface area contributed by atoms with Crippen LogP contribution < -0.4 is 24.8 Å². The monoisotopic (exact) mass is 353 g/mol. The molecule has 1 unspecified atom stereocenters. The Hall–Kier alpha value is -0.486. The van der Waals surface area contributed by atoms with Gasteiger partial charge in [-0.3, -0.25) is 0 Å². The molecule has 1 atom stereocenters. The summed E-state index contributed by atoms with van der Waals surface area (Å²) in [4.78, 5) is 0. The van der Waals surface area contributed by atoms with Crippen molar-refractivity contribution in [3.8, 4) is 21.7 Å². The predicted molar refractivity (Wildman–Crippen MR) is 75.7 cm³/mol. The van der Waals surface area contributed by atoms with Crippen LogP contribution in [0.15, 0.2) is 66.7 Å². The molecule has 0 N–H and O–H groups in total. The predicted octanol–water partition coefficient (Wildman–Crippen LogP) is -1.14. The molecule has 0 saturated heterocycles. The van der Waals surface area contributed by atoms with E-state index in [1.165, 1.54) is 21.7 Å². The maximum atomic E-state index is 3.39. The van der Waals surface area contributed by atoms with Crippen molar-refractivity contribution >= 4 is 8.19 Å². The summed E-state index contributed by atoms with van der Waals surface area (Å²) in [6.45, 7) is 0. The van der Waals surface area contributed by atoms with E-state index < -0.39 is 0 Å². The van der Waals surface area contributed by atoms with Crippen LogP contribution in [0.5, 0.6) is 0 Å². The molecule has 1 heterocycles. The van der Waals surface area contributed by atoms with Crippen molar-refractivity contribution in [3.05, 3.63) is 72.8 Å². The minimum absolute atomic E-state index is 0. The zero-order valence-electron chi connectivity index (χ0n) is 10.6. The second kappa shape index (κ2) is 9.45. The molecule has 1 radical (unpaired) electrons. The Morgan fingerprint density at radius 2 is 1.20 bits per heavy atom. The van der Waals surface area contributed by atoms with E-state index in [2.05, 4.69) is 66.7 Å². The summed E-state index contributed by atoms with van der Waals surface area (Å²) in [6.07, 6.45) is 0. The van der Waals surface area contributed by atoms with Gasteiger partial charge in [0.2, 0.25) is 0 Å². The summed E-state index contributed by atoms with van der Waals surface area (Å²) in [5.41, 5.74) is 2.59. The van der Waals surface area contributed by atoms with Gasteiger partial charge in [0.1, 0.15) is 0 Å². The summed E-state index contributed by atoms with van der Waals surface area (Å²) in [6, 6.07) is 26.6. The van der Waals surface area contributed by atoms with Crippen LogP contribution in [0.1, 0.15) is 0 Å². The van der Waals surface area contributed by atoms with Gasteiger partial charge in [0, 0.05) is 0 Å². The van der Waals surface area contributed by atoms with Gasteiger partial charge in [-0.05, 0) is 0 Å². The molecular weight excluding hydrogens is 342 g/mol. The van der Waals surface area contributed by atoms with E-state index in [-0.39, 0.29) is 46.5 Å². The van der Waals surface area contributed by atoms with Gasteiger partial charge in [0.25, 0.3) is 0 Å². The summed E-state index contributed by atoms with van der Waals surface area (Å²) in [7, 11) is 0.712. The molecule has 0 amide bonds. The van der Waals surface area contributed by atoms with Crippen LogP contribution in [0.4, 0.5) is 0 Å². The number of benzene rings is 2. The average Bonchev–Trinajstić information content (AvgIpc) is 2.90. The smallest absolute Gasteiger partial charge is 1.00 e. The standard InChI is InChI=1S/C16H12P.2ClH.Ti/c1-3-7-13(8-4-1)15-11-12-16(17-15)14-9-5-2-6-10-14;;;/h1-11,17H;2*1H;/q-1;;;+3/p-2. The van der Waals surface area contributed by atoms with Crippen molar-refractivity contribution in [3.63, 3.8) is 0 Å². The van der Waals surface area contributed by atoms with Gasteiger partial charge in [-0.25, -0.2) is 8.19 Å². The fourth-order valence-electron chi connectivity index (χ4n) is 1.88. The minimum atomic E-state index is 0. The molecule has 20 heavy (non-hydrogen) atoms. The first kappa shape index (κ1) is 19.5. The first-order valence-electron chi connectivity index (χ1n) is 5.65. The Bertz CT molecular complexity index is 555. The topological polar surface area (TPSA) is 0 Å². The molecule has 0 aliphatic carbocycles. The van der Waals surface area contributed by atoms with E-state index in [9.17, 15) is 0 Å². The number of hydrogen-bond donors (Lipinski definition) is 0. The molecule has 3 aromatic rings. The van der Waals surface area contributed by atoms with E-state index in [4.69, 9.17) is 0 Å². The third-order valence-electron chi connectivity index (χ3n) is 2.77. The average molecular weight is 354 g/mol. The second-order valence-electron chi connectivity index (χ2n) is 3.93. The van der Waals surface area contributed by atoms with E-state index in [1.807, 2.05) is 6.07 Å². The molecule has 0 fully saturated rings. The Morgan fingerprint density at radius 1 is 0.700 bits per heavy atom. The van der Waals surface area contributed by atoms with Gasteiger partial charge in [-0.15, -0.1) is 23.0 Å². The van der Waals surface area contributed by atoms with Gasteiger partial charge >= 0.3 is 21.7 Å². The van der Waals surface area contributed by atoms with Crippen LogP contribution in [0.3, 0.4) is 0 Å². The van der Waals surface area contributed by atoms with Gasteiger partial charge in [0.15, 0.2) is 0 Å². The molecule has 0 aliphatic heterocycles. The molecule has 4 heteroatoms. The van der Waals surface area contributed by atoms with Gasteiger partial charge in [-0.1, -0.05) is 59.4 Å². The van der Waals surface area contributed by atoms with Crippen LogP contribution in [-0.2, 0) is 21.7 Å². The Morgan fingerprint density at radius 3 is 1.75 bits per heavy atom. The Labute approximate surface area is 148 Å². The van der Waals surface area contributed by atoms with Crippen molar-refractivity contribution in [1.29, 1.82) is 0 Å². The van der Waals surface area contributed by atoms with Crippen molar-refractivity contribution < 1.29 is 46.5 Å². The van der Waals surface area contributed by atoms with Crippen LogP contribution in [0.25, 0.3) is 21.7 Å². The summed E-state index contributed by atoms with van der Waals surface area (Å²) in [5.74, 6) is 0. The number of rotatable bonds is 2. The van der Waals surface area contributed by atoms with E-state index in [0.29, 0.717) is 8.19 Å².